The van der Waals surface area contributed by atoms with Gasteiger partial charge in [0.05, 0.1) is 0 Å². The molecule has 0 saturated carbocycles. The van der Waals surface area contributed by atoms with Crippen LogP contribution in [-0.4, -0.2) is 36.8 Å². The molecule has 4 aromatic rings. The molecule has 0 spiro atoms. The van der Waals surface area contributed by atoms with Gasteiger partial charge in [-0.25, -0.2) is 0 Å². The van der Waals surface area contributed by atoms with E-state index in [1.54, 1.807) is 57.3 Å². The molecule has 6 heteroatoms. The van der Waals surface area contributed by atoms with Crippen LogP contribution in [0.15, 0.2) is 36.4 Å². The van der Waals surface area contributed by atoms with E-state index in [1.165, 1.54) is 151 Å². The monoisotopic (exact) mass is 1080 g/mol. The van der Waals surface area contributed by atoms with Crippen LogP contribution in [0.25, 0.3) is 29.3 Å². The van der Waals surface area contributed by atoms with Crippen LogP contribution in [0.4, 0.5) is 0 Å². The van der Waals surface area contributed by atoms with Crippen LogP contribution in [0.2, 0.25) is 26.6 Å². The fourth-order valence-corrected chi connectivity index (χ4v) is 52.6. The third kappa shape index (κ3) is 14.7. The maximum absolute atomic E-state index is 2.83. The molecule has 4 rings (SSSR count). The second-order valence-corrected chi connectivity index (χ2v) is 50.7. The Bertz CT molecular complexity index is 1500. The van der Waals surface area contributed by atoms with Crippen molar-refractivity contribution in [3.63, 3.8) is 0 Å². The van der Waals surface area contributed by atoms with Crippen molar-refractivity contribution >= 4 is 87.9 Å². The predicted molar refractivity (Wildman–Crippen MR) is 279 cm³/mol. The number of unbranched alkanes of at least 4 members (excludes halogenated alkanes) is 12. The van der Waals surface area contributed by atoms with E-state index in [0.29, 0.717) is 0 Å². The Hall–Kier alpha value is 0.397. The van der Waals surface area contributed by atoms with Gasteiger partial charge >= 0.3 is 388 Å². The first-order chi connectivity index (χ1) is 28.4. The van der Waals surface area contributed by atoms with Gasteiger partial charge in [0, 0.05) is 0 Å². The molecule has 0 nitrogen and oxygen atoms in total. The van der Waals surface area contributed by atoms with Gasteiger partial charge in [-0.2, -0.15) is 0 Å². The molecule has 0 saturated heterocycles. The van der Waals surface area contributed by atoms with Crippen LogP contribution in [0.5, 0.6) is 0 Å². The third-order valence-corrected chi connectivity index (χ3v) is 54.7. The number of hydrogen-bond acceptors (Lipinski definition) is 4. The molecule has 0 fully saturated rings. The number of rotatable bonds is 33. The molecule has 326 valence electrons. The van der Waals surface area contributed by atoms with Crippen molar-refractivity contribution in [3.05, 3.63) is 47.5 Å². The van der Waals surface area contributed by atoms with Gasteiger partial charge in [-0.3, -0.25) is 0 Å². The van der Waals surface area contributed by atoms with Gasteiger partial charge in [0.25, 0.3) is 0 Å². The van der Waals surface area contributed by atoms with Crippen LogP contribution >= 0.6 is 45.3 Å². The average Bonchev–Trinajstić information content (AvgIpc) is 4.08. The standard InChI is InChI=1S/C28H32S4.6C4H9.2Sn/c1-3-5-7-9-11-21-17-19-29-27(21)25-15-13-23(31-25)24-14-16-26(32-24)28-22(18-20-30-28)12-10-8-6-4-2;6*1-3-4-2;;/h13-18H,3-12H2,1-2H3;6*1,3-4H2,2H3;;. The zero-order valence-electron chi connectivity index (χ0n) is 38.9. The normalized spacial score (nSPS) is 12.3. The SMILES string of the molecule is CCCCCCc1c[c]([Sn]([CH2]CCC)([CH2]CCC)[CH2]CCC)sc1-c1ccc(-c2ccc(-c3s[c]([Sn]([CH2]CCC)([CH2]CCC)[CH2]CCC)cc3CCCCCC)s2)s1. The van der Waals surface area contributed by atoms with E-state index in [0.717, 1.165) is 0 Å². The van der Waals surface area contributed by atoms with E-state index in [2.05, 4.69) is 137 Å². The number of hydrogen-bond donors (Lipinski definition) is 0. The fraction of sp³-hybridized carbons (Fsp3) is 0.692. The molecule has 0 N–H and O–H groups in total. The Morgan fingerprint density at radius 1 is 0.328 bits per heavy atom. The van der Waals surface area contributed by atoms with Crippen molar-refractivity contribution in [1.82, 2.24) is 0 Å². The Morgan fingerprint density at radius 2 is 0.621 bits per heavy atom. The molecule has 4 aromatic heterocycles. The Kier molecular flexibility index (Phi) is 24.9. The van der Waals surface area contributed by atoms with Crippen molar-refractivity contribution in [1.29, 1.82) is 0 Å². The maximum atomic E-state index is 2.83. The van der Waals surface area contributed by atoms with E-state index in [9.17, 15) is 0 Å². The van der Waals surface area contributed by atoms with Gasteiger partial charge in [0.15, 0.2) is 0 Å². The molecule has 0 aliphatic carbocycles. The molecule has 0 atom stereocenters. The fourth-order valence-electron chi connectivity index (χ4n) is 9.42. The van der Waals surface area contributed by atoms with E-state index in [1.807, 2.05) is 5.79 Å². The van der Waals surface area contributed by atoms with Crippen LogP contribution in [-0.2, 0) is 12.8 Å². The zero-order valence-corrected chi connectivity index (χ0v) is 47.9. The number of aryl methyl sites for hydroxylation is 2. The third-order valence-electron chi connectivity index (χ3n) is 13.2. The molecular weight excluding hydrogens is 990 g/mol. The van der Waals surface area contributed by atoms with Crippen molar-refractivity contribution < 1.29 is 0 Å². The molecule has 0 aliphatic heterocycles. The van der Waals surface area contributed by atoms with Gasteiger partial charge in [0.1, 0.15) is 0 Å². The summed E-state index contributed by atoms with van der Waals surface area (Å²) in [5.41, 5.74) is 3.40. The van der Waals surface area contributed by atoms with Crippen molar-refractivity contribution in [2.24, 2.45) is 0 Å². The molecule has 0 aliphatic rings. The number of thiophene rings is 4. The van der Waals surface area contributed by atoms with E-state index in [4.69, 9.17) is 0 Å². The summed E-state index contributed by atoms with van der Waals surface area (Å²) in [6, 6.07) is 15.7. The summed E-state index contributed by atoms with van der Waals surface area (Å²) >= 11 is 3.75. The van der Waals surface area contributed by atoms with E-state index < -0.39 is 36.8 Å². The second kappa shape index (κ2) is 28.2. The van der Waals surface area contributed by atoms with E-state index in [-0.39, 0.29) is 0 Å². The molecule has 0 radical (unpaired) electrons. The predicted octanol–water partition coefficient (Wildman–Crippen LogP) is 19.3. The van der Waals surface area contributed by atoms with Crippen molar-refractivity contribution in [2.45, 2.75) is 223 Å². The van der Waals surface area contributed by atoms with Crippen LogP contribution in [0.3, 0.4) is 0 Å². The van der Waals surface area contributed by atoms with Crippen molar-refractivity contribution in [2.75, 3.05) is 0 Å². The summed E-state index contributed by atoms with van der Waals surface area (Å²) in [5, 5.41) is 0. The molecule has 0 unspecified atom stereocenters. The van der Waals surface area contributed by atoms with Crippen molar-refractivity contribution in [3.8, 4) is 29.3 Å². The van der Waals surface area contributed by atoms with Gasteiger partial charge in [0.2, 0.25) is 0 Å². The molecule has 58 heavy (non-hydrogen) atoms. The van der Waals surface area contributed by atoms with Gasteiger partial charge < -0.3 is 0 Å². The Labute approximate surface area is 384 Å². The summed E-state index contributed by atoms with van der Waals surface area (Å²) in [5.74, 6) is 0. The molecular formula is C52H86S4Sn2. The summed E-state index contributed by atoms with van der Waals surface area (Å²) in [6.07, 6.45) is 30.1. The molecule has 0 aromatic carbocycles. The summed E-state index contributed by atoms with van der Waals surface area (Å²) < 4.78 is 13.3. The quantitative estimate of drug-likeness (QED) is 0.0329. The minimum absolute atomic E-state index is 1.27. The second-order valence-electron chi connectivity index (χ2n) is 18.1. The summed E-state index contributed by atoms with van der Waals surface area (Å²) in [4.78, 5) is 9.36. The molecule has 4 heterocycles. The first-order valence-corrected chi connectivity index (χ1v) is 43.1. The topological polar surface area (TPSA) is 0 Å². The van der Waals surface area contributed by atoms with Gasteiger partial charge in [-0.05, 0) is 0 Å². The summed E-state index contributed by atoms with van der Waals surface area (Å²) in [7, 11) is 0. The van der Waals surface area contributed by atoms with Crippen LogP contribution < -0.4 is 5.79 Å². The zero-order chi connectivity index (χ0) is 41.6. The minimum atomic E-state index is -2.52. The van der Waals surface area contributed by atoms with E-state index >= 15 is 0 Å². The average molecular weight is 1080 g/mol. The Balaban J connectivity index is 1.74. The van der Waals surface area contributed by atoms with Gasteiger partial charge in [-0.15, -0.1) is 0 Å². The summed E-state index contributed by atoms with van der Waals surface area (Å²) in [6.45, 7) is 19.3. The molecule has 0 amide bonds. The van der Waals surface area contributed by atoms with Crippen LogP contribution in [0.1, 0.15) is 195 Å². The first-order valence-electron chi connectivity index (χ1n) is 24.8. The van der Waals surface area contributed by atoms with Crippen LogP contribution in [0, 0.1) is 0 Å². The van der Waals surface area contributed by atoms with Gasteiger partial charge in [-0.1, -0.05) is 0 Å². The molecule has 0 bridgehead atoms. The Morgan fingerprint density at radius 3 is 0.914 bits per heavy atom. The first kappa shape index (κ1) is 51.0.